The second-order valence-electron chi connectivity index (χ2n) is 10.1. The van der Waals surface area contributed by atoms with Gasteiger partial charge in [0.25, 0.3) is 5.91 Å². The minimum absolute atomic E-state index is 0.00706. The van der Waals surface area contributed by atoms with Crippen molar-refractivity contribution >= 4 is 17.8 Å². The number of halogens is 6. The van der Waals surface area contributed by atoms with Crippen molar-refractivity contribution in [1.29, 1.82) is 0 Å². The number of carbonyl (C=O) groups excluding carboxylic acids is 1. The third-order valence-corrected chi connectivity index (χ3v) is 6.74. The van der Waals surface area contributed by atoms with Crippen molar-refractivity contribution in [3.8, 4) is 0 Å². The van der Waals surface area contributed by atoms with E-state index in [-0.39, 0.29) is 11.8 Å². The molecule has 2 N–H and O–H groups in total. The van der Waals surface area contributed by atoms with Crippen LogP contribution in [0, 0.1) is 5.92 Å². The van der Waals surface area contributed by atoms with E-state index < -0.39 is 29.9 Å². The number of carboxylic acid groups (broad SMARTS) is 2. The van der Waals surface area contributed by atoms with E-state index in [0.717, 1.165) is 30.8 Å². The monoisotopic (exact) mass is 609 g/mol. The SMILES string of the molecule is Cn1cc(CN2CC(c3cccnc3)C3(C2)OCCN(CC2CC2)C3=O)cn1.O=C(O)C(F)(F)F.O=C(O)C(F)(F)F. The summed E-state index contributed by atoms with van der Waals surface area (Å²) in [6, 6.07) is 4.02. The molecular weight excluding hydrogens is 580 g/mol. The zero-order valence-electron chi connectivity index (χ0n) is 22.3. The fourth-order valence-electron chi connectivity index (χ4n) is 4.72. The first-order valence-electron chi connectivity index (χ1n) is 12.7. The Morgan fingerprint density at radius 2 is 1.71 bits per heavy atom. The molecule has 2 aromatic heterocycles. The maximum Gasteiger partial charge on any atom is 0.490 e. The van der Waals surface area contributed by atoms with Gasteiger partial charge in [-0.3, -0.25) is 19.4 Å². The molecule has 2 atom stereocenters. The Hall–Kier alpha value is -3.73. The van der Waals surface area contributed by atoms with Gasteiger partial charge in [-0.25, -0.2) is 9.59 Å². The van der Waals surface area contributed by atoms with Gasteiger partial charge in [-0.15, -0.1) is 0 Å². The molecule has 3 fully saturated rings. The number of morpholine rings is 1. The summed E-state index contributed by atoms with van der Waals surface area (Å²) in [7, 11) is 1.93. The number of hydrogen-bond donors (Lipinski definition) is 2. The lowest BCUT2D eigenvalue weighted by atomic mass is 9.83. The highest BCUT2D eigenvalue weighted by Gasteiger charge is 2.57. The molecule has 5 rings (SSSR count). The fourth-order valence-corrected chi connectivity index (χ4v) is 4.72. The fraction of sp³-hybridized carbons (Fsp3) is 0.560. The van der Waals surface area contributed by atoms with Crippen molar-refractivity contribution in [3.63, 3.8) is 0 Å². The van der Waals surface area contributed by atoms with Crippen molar-refractivity contribution < 1.29 is 55.7 Å². The van der Waals surface area contributed by atoms with Gasteiger partial charge in [0.2, 0.25) is 0 Å². The molecule has 2 saturated heterocycles. The third-order valence-electron chi connectivity index (χ3n) is 6.74. The molecule has 2 aromatic rings. The van der Waals surface area contributed by atoms with Crippen molar-refractivity contribution in [3.05, 3.63) is 48.0 Å². The van der Waals surface area contributed by atoms with Gasteiger partial charge >= 0.3 is 24.3 Å². The largest absolute Gasteiger partial charge is 0.490 e. The van der Waals surface area contributed by atoms with Crippen LogP contribution in [0.3, 0.4) is 0 Å². The van der Waals surface area contributed by atoms with Crippen LogP contribution in [-0.2, 0) is 32.7 Å². The predicted octanol–water partition coefficient (Wildman–Crippen LogP) is 2.69. The number of hydrogen-bond acceptors (Lipinski definition) is 7. The Morgan fingerprint density at radius 3 is 2.19 bits per heavy atom. The Bertz CT molecular complexity index is 1210. The lowest BCUT2D eigenvalue weighted by molar-refractivity contribution is -0.193. The first-order chi connectivity index (χ1) is 19.5. The number of amides is 1. The molecule has 42 heavy (non-hydrogen) atoms. The second-order valence-corrected chi connectivity index (χ2v) is 10.1. The summed E-state index contributed by atoms with van der Waals surface area (Å²) >= 11 is 0. The molecule has 3 aliphatic rings. The Labute approximate surface area is 235 Å². The number of aliphatic carboxylic acids is 2. The smallest absolute Gasteiger partial charge is 0.475 e. The van der Waals surface area contributed by atoms with Crippen LogP contribution >= 0.6 is 0 Å². The van der Waals surface area contributed by atoms with E-state index >= 15 is 0 Å². The highest BCUT2D eigenvalue weighted by molar-refractivity contribution is 5.88. The van der Waals surface area contributed by atoms with Crippen LogP contribution in [0.1, 0.15) is 29.9 Å². The first kappa shape index (κ1) is 32.8. The van der Waals surface area contributed by atoms with Gasteiger partial charge in [0.1, 0.15) is 0 Å². The molecule has 0 radical (unpaired) electrons. The van der Waals surface area contributed by atoms with Gasteiger partial charge in [0.05, 0.1) is 12.8 Å². The molecule has 1 amide bonds. The average molecular weight is 610 g/mol. The summed E-state index contributed by atoms with van der Waals surface area (Å²) in [5.74, 6) is -4.68. The quantitative estimate of drug-likeness (QED) is 0.490. The first-order valence-corrected chi connectivity index (χ1v) is 12.7. The number of pyridine rings is 1. The lowest BCUT2D eigenvalue weighted by Crippen LogP contribution is -2.60. The molecule has 1 aliphatic carbocycles. The minimum atomic E-state index is -5.08. The molecule has 232 valence electrons. The van der Waals surface area contributed by atoms with Crippen molar-refractivity contribution in [1.82, 2.24) is 24.6 Å². The summed E-state index contributed by atoms with van der Waals surface area (Å²) in [5.41, 5.74) is 1.43. The van der Waals surface area contributed by atoms with Gasteiger partial charge < -0.3 is 19.8 Å². The number of nitrogens with zero attached hydrogens (tertiary/aromatic N) is 5. The number of rotatable bonds is 5. The third kappa shape index (κ3) is 8.64. The van der Waals surface area contributed by atoms with Gasteiger partial charge in [-0.1, -0.05) is 6.07 Å². The van der Waals surface area contributed by atoms with E-state index in [1.165, 1.54) is 12.8 Å². The number of carboxylic acids is 2. The minimum Gasteiger partial charge on any atom is -0.475 e. The summed E-state index contributed by atoms with van der Waals surface area (Å²) in [5, 5.41) is 18.5. The Morgan fingerprint density at radius 1 is 1.10 bits per heavy atom. The van der Waals surface area contributed by atoms with Crippen molar-refractivity contribution in [2.75, 3.05) is 32.8 Å². The molecule has 4 heterocycles. The molecule has 2 unspecified atom stereocenters. The standard InChI is InChI=1S/C21H27N5O2.2C2HF3O2/c1-24-11-17(9-23-24)12-25-14-19(18-3-2-6-22-10-18)21(15-25)20(27)26(7-8-28-21)13-16-4-5-16;2*3-2(4,5)1(6)7/h2-3,6,9-11,16,19H,4-5,7-8,12-15H2,1H3;2*(H,6,7). The van der Waals surface area contributed by atoms with E-state index in [2.05, 4.69) is 25.9 Å². The molecule has 1 spiro atoms. The summed E-state index contributed by atoms with van der Waals surface area (Å²) < 4.78 is 71.6. The van der Waals surface area contributed by atoms with Crippen LogP contribution in [0.25, 0.3) is 0 Å². The van der Waals surface area contributed by atoms with Crippen molar-refractivity contribution in [2.24, 2.45) is 13.0 Å². The number of aromatic nitrogens is 3. The van der Waals surface area contributed by atoms with Gasteiger partial charge in [-0.05, 0) is 30.4 Å². The van der Waals surface area contributed by atoms with Crippen LogP contribution in [0.2, 0.25) is 0 Å². The molecule has 0 aromatic carbocycles. The van der Waals surface area contributed by atoms with Crippen LogP contribution in [0.5, 0.6) is 0 Å². The number of aryl methyl sites for hydroxylation is 1. The van der Waals surface area contributed by atoms with Gasteiger partial charge in [0.15, 0.2) is 5.60 Å². The van der Waals surface area contributed by atoms with E-state index in [0.29, 0.717) is 25.6 Å². The Kier molecular flexibility index (Phi) is 10.2. The lowest BCUT2D eigenvalue weighted by Gasteiger charge is -2.42. The normalized spacial score (nSPS) is 22.7. The maximum atomic E-state index is 13.6. The molecule has 1 saturated carbocycles. The Balaban J connectivity index is 0.000000289. The highest BCUT2D eigenvalue weighted by Crippen LogP contribution is 2.43. The topological polar surface area (TPSA) is 138 Å². The molecule has 0 bridgehead atoms. The molecule has 17 heteroatoms. The predicted molar refractivity (Wildman–Crippen MR) is 131 cm³/mol. The summed E-state index contributed by atoms with van der Waals surface area (Å²) in [6.07, 6.45) is -0.0778. The number of likely N-dealkylation sites (tertiary alicyclic amines) is 1. The van der Waals surface area contributed by atoms with Crippen LogP contribution < -0.4 is 0 Å². The van der Waals surface area contributed by atoms with Gasteiger partial charge in [-0.2, -0.15) is 31.4 Å². The number of ether oxygens (including phenoxy) is 1. The molecular formula is C25H29F6N5O6. The van der Waals surface area contributed by atoms with E-state index in [1.807, 2.05) is 36.4 Å². The average Bonchev–Trinajstić information content (AvgIpc) is 3.52. The highest BCUT2D eigenvalue weighted by atomic mass is 19.4. The van der Waals surface area contributed by atoms with E-state index in [9.17, 15) is 31.1 Å². The van der Waals surface area contributed by atoms with Gasteiger partial charge in [0, 0.05) is 69.8 Å². The summed E-state index contributed by atoms with van der Waals surface area (Å²) in [4.78, 5) is 40.1. The zero-order valence-corrected chi connectivity index (χ0v) is 22.3. The summed E-state index contributed by atoms with van der Waals surface area (Å²) in [6.45, 7) is 4.36. The molecule has 2 aliphatic heterocycles. The van der Waals surface area contributed by atoms with Crippen LogP contribution in [-0.4, -0.2) is 103 Å². The number of carbonyl (C=O) groups is 3. The van der Waals surface area contributed by atoms with E-state index in [1.54, 1.807) is 6.20 Å². The number of alkyl halides is 6. The van der Waals surface area contributed by atoms with Crippen LogP contribution in [0.15, 0.2) is 36.9 Å². The van der Waals surface area contributed by atoms with Crippen molar-refractivity contribution in [2.45, 2.75) is 43.3 Å². The zero-order chi connectivity index (χ0) is 31.3. The van der Waals surface area contributed by atoms with Crippen LogP contribution in [0.4, 0.5) is 26.3 Å². The maximum absolute atomic E-state index is 13.6. The molecule has 11 nitrogen and oxygen atoms in total. The second kappa shape index (κ2) is 13.1. The van der Waals surface area contributed by atoms with E-state index in [4.69, 9.17) is 24.5 Å².